The van der Waals surface area contributed by atoms with Crippen LogP contribution in [0.1, 0.15) is 52.9 Å². The van der Waals surface area contributed by atoms with Crippen LogP contribution in [0.2, 0.25) is 0 Å². The number of carbonyl (C=O) groups is 1. The Kier molecular flexibility index (Phi) is 4.81. The van der Waals surface area contributed by atoms with Gasteiger partial charge in [0.25, 0.3) is 0 Å². The first-order chi connectivity index (χ1) is 8.15. The van der Waals surface area contributed by atoms with Gasteiger partial charge in [-0.05, 0) is 39.5 Å². The molecule has 0 aromatic heterocycles. The lowest BCUT2D eigenvalue weighted by atomic mass is 9.83. The number of rotatable bonds is 4. The summed E-state index contributed by atoms with van der Waals surface area (Å²) >= 11 is 0. The molecule has 1 unspecified atom stereocenters. The summed E-state index contributed by atoms with van der Waals surface area (Å²) in [5, 5.41) is 0. The van der Waals surface area contributed by atoms with Crippen molar-refractivity contribution in [1.82, 2.24) is 0 Å². The normalized spacial score (nSPS) is 20.8. The van der Waals surface area contributed by atoms with E-state index in [0.717, 1.165) is 46.0 Å². The lowest BCUT2D eigenvalue weighted by Gasteiger charge is -2.36. The Morgan fingerprint density at radius 2 is 1.67 bits per heavy atom. The van der Waals surface area contributed by atoms with Gasteiger partial charge < -0.3 is 4.74 Å². The highest BCUT2D eigenvalue weighted by atomic mass is 19.4. The molecule has 0 spiro atoms. The SMILES string of the molecule is CC(=O)C(OC(C)(C)C(F)(F)F)C1CCCCC1. The van der Waals surface area contributed by atoms with Crippen LogP contribution in [0, 0.1) is 5.92 Å². The lowest BCUT2D eigenvalue weighted by Crippen LogP contribution is -2.48. The van der Waals surface area contributed by atoms with Gasteiger partial charge in [-0.2, -0.15) is 13.2 Å². The van der Waals surface area contributed by atoms with Crippen LogP contribution < -0.4 is 0 Å². The molecule has 106 valence electrons. The molecule has 1 aliphatic carbocycles. The van der Waals surface area contributed by atoms with Crippen molar-refractivity contribution in [2.75, 3.05) is 0 Å². The van der Waals surface area contributed by atoms with Crippen molar-refractivity contribution in [3.05, 3.63) is 0 Å². The Hall–Kier alpha value is -0.580. The maximum atomic E-state index is 12.8. The Bertz CT molecular complexity index is 291. The van der Waals surface area contributed by atoms with Gasteiger partial charge in [-0.3, -0.25) is 4.79 Å². The molecule has 1 rings (SSSR count). The van der Waals surface area contributed by atoms with Crippen LogP contribution in [-0.4, -0.2) is 23.7 Å². The van der Waals surface area contributed by atoms with E-state index in [0.29, 0.717) is 0 Å². The molecule has 0 bridgehead atoms. The molecule has 5 heteroatoms. The summed E-state index contributed by atoms with van der Waals surface area (Å²) in [6.45, 7) is 3.27. The number of halogens is 3. The van der Waals surface area contributed by atoms with Crippen molar-refractivity contribution in [3.8, 4) is 0 Å². The topological polar surface area (TPSA) is 26.3 Å². The third-order valence-electron chi connectivity index (χ3n) is 3.58. The number of ketones is 1. The van der Waals surface area contributed by atoms with Gasteiger partial charge in [0, 0.05) is 0 Å². The Labute approximate surface area is 106 Å². The molecule has 1 fully saturated rings. The van der Waals surface area contributed by atoms with Crippen molar-refractivity contribution in [2.24, 2.45) is 5.92 Å². The molecule has 0 saturated heterocycles. The first-order valence-corrected chi connectivity index (χ1v) is 6.40. The van der Waals surface area contributed by atoms with Gasteiger partial charge in [0.15, 0.2) is 11.4 Å². The van der Waals surface area contributed by atoms with Crippen molar-refractivity contribution < 1.29 is 22.7 Å². The van der Waals surface area contributed by atoms with Crippen LogP contribution in [0.15, 0.2) is 0 Å². The third kappa shape index (κ3) is 3.70. The Morgan fingerprint density at radius 3 is 2.06 bits per heavy atom. The molecular formula is C13H21F3O2. The van der Waals surface area contributed by atoms with Gasteiger partial charge in [0.05, 0.1) is 0 Å². The van der Waals surface area contributed by atoms with Gasteiger partial charge in [0.2, 0.25) is 0 Å². The van der Waals surface area contributed by atoms with E-state index in [-0.39, 0.29) is 11.7 Å². The summed E-state index contributed by atoms with van der Waals surface area (Å²) < 4.78 is 43.5. The van der Waals surface area contributed by atoms with Gasteiger partial charge in [0.1, 0.15) is 6.10 Å². The fourth-order valence-corrected chi connectivity index (χ4v) is 2.33. The average molecular weight is 266 g/mol. The van der Waals surface area contributed by atoms with E-state index in [9.17, 15) is 18.0 Å². The van der Waals surface area contributed by atoms with Gasteiger partial charge in [-0.25, -0.2) is 0 Å². The molecule has 1 saturated carbocycles. The van der Waals surface area contributed by atoms with E-state index in [4.69, 9.17) is 4.74 Å². The fraction of sp³-hybridized carbons (Fsp3) is 0.923. The molecule has 0 amide bonds. The van der Waals surface area contributed by atoms with E-state index >= 15 is 0 Å². The largest absolute Gasteiger partial charge is 0.416 e. The number of alkyl halides is 3. The van der Waals surface area contributed by atoms with Crippen LogP contribution >= 0.6 is 0 Å². The molecule has 18 heavy (non-hydrogen) atoms. The van der Waals surface area contributed by atoms with Gasteiger partial charge >= 0.3 is 6.18 Å². The van der Waals surface area contributed by atoms with Crippen LogP contribution in [0.5, 0.6) is 0 Å². The molecule has 0 radical (unpaired) electrons. The number of Topliss-reactive ketones (excluding diaryl/α,β-unsaturated/α-hetero) is 1. The first kappa shape index (κ1) is 15.5. The maximum absolute atomic E-state index is 12.8. The smallest absolute Gasteiger partial charge is 0.355 e. The summed E-state index contributed by atoms with van der Waals surface area (Å²) in [5.74, 6) is -0.378. The molecule has 0 heterocycles. The number of hydrogen-bond acceptors (Lipinski definition) is 2. The molecule has 0 N–H and O–H groups in total. The fourth-order valence-electron chi connectivity index (χ4n) is 2.33. The molecule has 1 atom stereocenters. The average Bonchev–Trinajstić information content (AvgIpc) is 2.25. The Balaban J connectivity index is 2.77. The molecular weight excluding hydrogens is 245 g/mol. The number of hydrogen-bond donors (Lipinski definition) is 0. The second kappa shape index (κ2) is 5.59. The first-order valence-electron chi connectivity index (χ1n) is 6.40. The van der Waals surface area contributed by atoms with E-state index in [2.05, 4.69) is 0 Å². The van der Waals surface area contributed by atoms with E-state index in [1.807, 2.05) is 0 Å². The van der Waals surface area contributed by atoms with Crippen molar-refractivity contribution in [2.45, 2.75) is 70.8 Å². The maximum Gasteiger partial charge on any atom is 0.416 e. The molecule has 0 aliphatic heterocycles. The van der Waals surface area contributed by atoms with Crippen molar-refractivity contribution in [3.63, 3.8) is 0 Å². The summed E-state index contributed by atoms with van der Waals surface area (Å²) in [6, 6.07) is 0. The van der Waals surface area contributed by atoms with Crippen LogP contribution in [0.3, 0.4) is 0 Å². The van der Waals surface area contributed by atoms with E-state index in [1.165, 1.54) is 6.92 Å². The minimum absolute atomic E-state index is 0.0714. The Morgan fingerprint density at radius 1 is 1.17 bits per heavy atom. The van der Waals surface area contributed by atoms with Crippen LogP contribution in [-0.2, 0) is 9.53 Å². The highest BCUT2D eigenvalue weighted by Crippen LogP contribution is 2.37. The number of carbonyl (C=O) groups excluding carboxylic acids is 1. The van der Waals surface area contributed by atoms with Gasteiger partial charge in [-0.15, -0.1) is 0 Å². The van der Waals surface area contributed by atoms with Crippen molar-refractivity contribution in [1.29, 1.82) is 0 Å². The van der Waals surface area contributed by atoms with Gasteiger partial charge in [-0.1, -0.05) is 19.3 Å². The lowest BCUT2D eigenvalue weighted by molar-refractivity contribution is -0.278. The third-order valence-corrected chi connectivity index (χ3v) is 3.58. The van der Waals surface area contributed by atoms with Crippen LogP contribution in [0.4, 0.5) is 13.2 Å². The monoisotopic (exact) mass is 266 g/mol. The van der Waals surface area contributed by atoms with E-state index in [1.54, 1.807) is 0 Å². The highest BCUT2D eigenvalue weighted by Gasteiger charge is 2.51. The summed E-state index contributed by atoms with van der Waals surface area (Å²) in [6.07, 6.45) is -0.828. The molecule has 0 aromatic rings. The summed E-state index contributed by atoms with van der Waals surface area (Å²) in [7, 11) is 0. The second-order valence-corrected chi connectivity index (χ2v) is 5.56. The molecule has 0 aromatic carbocycles. The minimum atomic E-state index is -4.46. The molecule has 1 aliphatic rings. The number of ether oxygens (including phenoxy) is 1. The summed E-state index contributed by atoms with van der Waals surface area (Å²) in [4.78, 5) is 11.6. The second-order valence-electron chi connectivity index (χ2n) is 5.56. The van der Waals surface area contributed by atoms with Crippen molar-refractivity contribution >= 4 is 5.78 Å². The standard InChI is InChI=1S/C13H21F3O2/c1-9(17)11(10-7-5-4-6-8-10)18-12(2,3)13(14,15)16/h10-11H,4-8H2,1-3H3. The quantitative estimate of drug-likeness (QED) is 0.771. The zero-order valence-corrected chi connectivity index (χ0v) is 11.1. The highest BCUT2D eigenvalue weighted by molar-refractivity contribution is 5.80. The zero-order valence-electron chi connectivity index (χ0n) is 11.1. The predicted molar refractivity (Wildman–Crippen MR) is 62.3 cm³/mol. The summed E-state index contributed by atoms with van der Waals surface area (Å²) in [5.41, 5.74) is -2.28. The molecule has 2 nitrogen and oxygen atoms in total. The van der Waals surface area contributed by atoms with E-state index < -0.39 is 17.9 Å². The zero-order chi connectivity index (χ0) is 14.0. The predicted octanol–water partition coefficient (Wildman–Crippen LogP) is 3.88. The van der Waals surface area contributed by atoms with Crippen LogP contribution in [0.25, 0.3) is 0 Å². The minimum Gasteiger partial charge on any atom is -0.355 e.